The van der Waals surface area contributed by atoms with Crippen LogP contribution in [0.25, 0.3) is 12.2 Å². The Morgan fingerprint density at radius 2 is 1.76 bits per heavy atom. The molecule has 3 N–H and O–H groups in total. The lowest BCUT2D eigenvalue weighted by molar-refractivity contribution is 0.0681. The van der Waals surface area contributed by atoms with Crippen LogP contribution in [0.1, 0.15) is 32.1 Å². The first-order chi connectivity index (χ1) is 9.97. The summed E-state index contributed by atoms with van der Waals surface area (Å²) in [4.78, 5) is 29.1. The van der Waals surface area contributed by atoms with E-state index in [2.05, 4.69) is 9.97 Å². The van der Waals surface area contributed by atoms with Gasteiger partial charge in [0.2, 0.25) is 0 Å². The molecule has 0 saturated heterocycles. The standard InChI is InChI=1S/C14H10N2O5/c17-12-4-2-8(5-10(12)13(18)19)1-3-9-6-11(14(20)21)16-7-15-9/h1-7,17H,(H,18,19)(H,20,21)/b3-1+. The van der Waals surface area contributed by atoms with Gasteiger partial charge in [0, 0.05) is 0 Å². The molecule has 1 heterocycles. The van der Waals surface area contributed by atoms with Crippen LogP contribution in [0.5, 0.6) is 5.75 Å². The first-order valence-corrected chi connectivity index (χ1v) is 5.77. The number of aromatic nitrogens is 2. The van der Waals surface area contributed by atoms with Gasteiger partial charge in [-0.05, 0) is 29.8 Å². The van der Waals surface area contributed by atoms with Gasteiger partial charge in [-0.15, -0.1) is 0 Å². The molecule has 0 amide bonds. The van der Waals surface area contributed by atoms with E-state index in [1.807, 2.05) is 0 Å². The highest BCUT2D eigenvalue weighted by molar-refractivity contribution is 5.92. The Balaban J connectivity index is 2.29. The van der Waals surface area contributed by atoms with E-state index < -0.39 is 11.9 Å². The number of hydrogen-bond donors (Lipinski definition) is 3. The van der Waals surface area contributed by atoms with E-state index >= 15 is 0 Å². The lowest BCUT2D eigenvalue weighted by atomic mass is 10.1. The Hall–Kier alpha value is -3.22. The van der Waals surface area contributed by atoms with E-state index in [0.29, 0.717) is 11.3 Å². The molecule has 1 aromatic heterocycles. The molecule has 0 bridgehead atoms. The number of hydrogen-bond acceptors (Lipinski definition) is 5. The second-order valence-electron chi connectivity index (χ2n) is 4.05. The number of phenols is 1. The van der Waals surface area contributed by atoms with Crippen LogP contribution in [-0.2, 0) is 0 Å². The third-order valence-electron chi connectivity index (χ3n) is 2.60. The maximum atomic E-state index is 10.9. The molecule has 0 atom stereocenters. The normalized spacial score (nSPS) is 10.7. The van der Waals surface area contributed by atoms with Crippen LogP contribution in [0.4, 0.5) is 0 Å². The summed E-state index contributed by atoms with van der Waals surface area (Å²) in [6, 6.07) is 5.38. The van der Waals surface area contributed by atoms with Gasteiger partial charge in [-0.3, -0.25) is 0 Å². The summed E-state index contributed by atoms with van der Waals surface area (Å²) in [5.74, 6) is -2.72. The summed E-state index contributed by atoms with van der Waals surface area (Å²) in [7, 11) is 0. The summed E-state index contributed by atoms with van der Waals surface area (Å²) in [5, 5.41) is 27.1. The van der Waals surface area contributed by atoms with Crippen molar-refractivity contribution in [2.24, 2.45) is 0 Å². The predicted octanol–water partition coefficient (Wildman–Crippen LogP) is 1.75. The minimum Gasteiger partial charge on any atom is -0.507 e. The number of aromatic carboxylic acids is 2. The fourth-order valence-electron chi connectivity index (χ4n) is 1.59. The van der Waals surface area contributed by atoms with Crippen molar-refractivity contribution < 1.29 is 24.9 Å². The number of carboxylic acids is 2. The molecule has 0 spiro atoms. The Bertz CT molecular complexity index is 740. The fourth-order valence-corrected chi connectivity index (χ4v) is 1.59. The van der Waals surface area contributed by atoms with E-state index in [1.54, 1.807) is 6.08 Å². The lowest BCUT2D eigenvalue weighted by Gasteiger charge is -2.01. The average Bonchev–Trinajstić information content (AvgIpc) is 2.46. The molecular formula is C14H10N2O5. The van der Waals surface area contributed by atoms with Gasteiger partial charge in [-0.1, -0.05) is 12.1 Å². The van der Waals surface area contributed by atoms with E-state index in [-0.39, 0.29) is 17.0 Å². The molecule has 1 aromatic carbocycles. The predicted molar refractivity (Wildman–Crippen MR) is 73.0 cm³/mol. The molecule has 0 unspecified atom stereocenters. The van der Waals surface area contributed by atoms with Crippen molar-refractivity contribution in [3.63, 3.8) is 0 Å². The third kappa shape index (κ3) is 3.41. The van der Waals surface area contributed by atoms with Gasteiger partial charge in [-0.25, -0.2) is 19.6 Å². The summed E-state index contributed by atoms with van der Waals surface area (Å²) in [6.07, 6.45) is 4.20. The van der Waals surface area contributed by atoms with Crippen LogP contribution >= 0.6 is 0 Å². The van der Waals surface area contributed by atoms with Gasteiger partial charge in [0.15, 0.2) is 5.69 Å². The number of rotatable bonds is 4. The summed E-state index contributed by atoms with van der Waals surface area (Å²) >= 11 is 0. The van der Waals surface area contributed by atoms with Crippen molar-refractivity contribution in [1.29, 1.82) is 0 Å². The van der Waals surface area contributed by atoms with Crippen LogP contribution in [0.15, 0.2) is 30.6 Å². The van der Waals surface area contributed by atoms with Gasteiger partial charge < -0.3 is 15.3 Å². The van der Waals surface area contributed by atoms with E-state index in [4.69, 9.17) is 10.2 Å². The molecule has 0 aliphatic heterocycles. The highest BCUT2D eigenvalue weighted by atomic mass is 16.4. The average molecular weight is 286 g/mol. The molecule has 2 rings (SSSR count). The van der Waals surface area contributed by atoms with E-state index in [9.17, 15) is 14.7 Å². The van der Waals surface area contributed by atoms with Crippen LogP contribution in [0.2, 0.25) is 0 Å². The number of nitrogens with zero attached hydrogens (tertiary/aromatic N) is 2. The Labute approximate surface area is 118 Å². The zero-order valence-corrected chi connectivity index (χ0v) is 10.6. The number of aromatic hydroxyl groups is 1. The zero-order chi connectivity index (χ0) is 15.4. The van der Waals surface area contributed by atoms with Gasteiger partial charge in [-0.2, -0.15) is 0 Å². The molecule has 0 fully saturated rings. The molecular weight excluding hydrogens is 276 g/mol. The Morgan fingerprint density at radius 1 is 1.00 bits per heavy atom. The molecule has 7 nitrogen and oxygen atoms in total. The molecule has 7 heteroatoms. The minimum atomic E-state index is -1.24. The smallest absolute Gasteiger partial charge is 0.354 e. The molecule has 0 aliphatic carbocycles. The monoisotopic (exact) mass is 286 g/mol. The van der Waals surface area contributed by atoms with Crippen LogP contribution in [-0.4, -0.2) is 37.2 Å². The molecule has 21 heavy (non-hydrogen) atoms. The Kier molecular flexibility index (Phi) is 3.94. The van der Waals surface area contributed by atoms with Crippen molar-refractivity contribution in [3.8, 4) is 5.75 Å². The third-order valence-corrected chi connectivity index (χ3v) is 2.60. The van der Waals surface area contributed by atoms with Crippen LogP contribution in [0.3, 0.4) is 0 Å². The van der Waals surface area contributed by atoms with Gasteiger partial charge >= 0.3 is 11.9 Å². The zero-order valence-electron chi connectivity index (χ0n) is 10.6. The Morgan fingerprint density at radius 3 is 2.43 bits per heavy atom. The van der Waals surface area contributed by atoms with Crippen molar-refractivity contribution in [2.45, 2.75) is 0 Å². The maximum absolute atomic E-state index is 10.9. The lowest BCUT2D eigenvalue weighted by Crippen LogP contribution is -2.01. The van der Waals surface area contributed by atoms with Gasteiger partial charge in [0.05, 0.1) is 5.69 Å². The first-order valence-electron chi connectivity index (χ1n) is 5.77. The number of carboxylic acid groups (broad SMARTS) is 2. The van der Waals surface area contributed by atoms with Crippen LogP contribution < -0.4 is 0 Å². The molecule has 0 saturated carbocycles. The van der Waals surface area contributed by atoms with Crippen LogP contribution in [0, 0.1) is 0 Å². The van der Waals surface area contributed by atoms with Crippen molar-refractivity contribution in [3.05, 3.63) is 53.1 Å². The number of benzene rings is 1. The number of carbonyl (C=O) groups is 2. The van der Waals surface area contributed by atoms with E-state index in [0.717, 1.165) is 6.33 Å². The summed E-state index contributed by atoms with van der Waals surface area (Å²) in [6.45, 7) is 0. The summed E-state index contributed by atoms with van der Waals surface area (Å²) < 4.78 is 0. The fraction of sp³-hybridized carbons (Fsp3) is 0. The van der Waals surface area contributed by atoms with Gasteiger partial charge in [0.1, 0.15) is 17.6 Å². The summed E-state index contributed by atoms with van der Waals surface area (Å²) in [5.41, 5.74) is 0.542. The first kappa shape index (κ1) is 14.2. The quantitative estimate of drug-likeness (QED) is 0.782. The minimum absolute atomic E-state index is 0.137. The molecule has 2 aromatic rings. The van der Waals surface area contributed by atoms with E-state index in [1.165, 1.54) is 30.3 Å². The van der Waals surface area contributed by atoms with Crippen molar-refractivity contribution in [1.82, 2.24) is 9.97 Å². The second kappa shape index (κ2) is 5.83. The topological polar surface area (TPSA) is 121 Å². The maximum Gasteiger partial charge on any atom is 0.354 e. The largest absolute Gasteiger partial charge is 0.507 e. The highest BCUT2D eigenvalue weighted by Crippen LogP contribution is 2.19. The van der Waals surface area contributed by atoms with Crippen molar-refractivity contribution in [2.75, 3.05) is 0 Å². The molecule has 0 aliphatic rings. The second-order valence-corrected chi connectivity index (χ2v) is 4.05. The molecule has 106 valence electrons. The van der Waals surface area contributed by atoms with Gasteiger partial charge in [0.25, 0.3) is 0 Å². The SMILES string of the molecule is O=C(O)c1cc(/C=C/c2ccc(O)c(C(=O)O)c2)ncn1. The highest BCUT2D eigenvalue weighted by Gasteiger charge is 2.09. The van der Waals surface area contributed by atoms with Crippen molar-refractivity contribution >= 4 is 24.1 Å². The molecule has 0 radical (unpaired) electrons.